The average molecular weight is 479 g/mol. The summed E-state index contributed by atoms with van der Waals surface area (Å²) in [6.45, 7) is 3.56. The smallest absolute Gasteiger partial charge is 0.223 e. The number of para-hydroxylation sites is 1. The van der Waals surface area contributed by atoms with Gasteiger partial charge in [-0.05, 0) is 80.1 Å². The topological polar surface area (TPSA) is 59.4 Å². The number of amides is 1. The summed E-state index contributed by atoms with van der Waals surface area (Å²) in [5, 5.41) is 3.81. The van der Waals surface area contributed by atoms with Crippen LogP contribution in [-0.2, 0) is 17.8 Å². The van der Waals surface area contributed by atoms with E-state index in [4.69, 9.17) is 16.3 Å². The summed E-state index contributed by atoms with van der Waals surface area (Å²) in [5.74, 6) is 2.13. The Kier molecular flexibility index (Phi) is 6.61. The summed E-state index contributed by atoms with van der Waals surface area (Å²) in [6.07, 6.45) is 7.69. The zero-order valence-electron chi connectivity index (χ0n) is 19.5. The number of ether oxygens (including phenoxy) is 1. The lowest BCUT2D eigenvalue weighted by Crippen LogP contribution is -2.37. The highest BCUT2D eigenvalue weighted by Gasteiger charge is 2.58. The second-order valence-corrected chi connectivity index (χ2v) is 9.89. The number of carbonyl (C=O) groups is 1. The van der Waals surface area contributed by atoms with E-state index >= 15 is 0 Å². The van der Waals surface area contributed by atoms with E-state index in [1.807, 2.05) is 36.5 Å². The molecule has 0 unspecified atom stereocenters. The Morgan fingerprint density at radius 2 is 2.00 bits per heavy atom. The first kappa shape index (κ1) is 22.9. The molecule has 2 fully saturated rings. The number of aromatic nitrogens is 2. The Morgan fingerprint density at radius 3 is 2.76 bits per heavy atom. The zero-order chi connectivity index (χ0) is 23.5. The Labute approximate surface area is 205 Å². The largest absolute Gasteiger partial charge is 0.496 e. The van der Waals surface area contributed by atoms with Crippen molar-refractivity contribution in [2.75, 3.05) is 26.7 Å². The minimum atomic E-state index is 0.162. The molecule has 5 rings (SSSR count). The Bertz CT molecular complexity index is 1140. The molecule has 6 nitrogen and oxygen atoms in total. The van der Waals surface area contributed by atoms with E-state index in [1.54, 1.807) is 13.3 Å². The average Bonchev–Trinajstić information content (AvgIpc) is 3.37. The van der Waals surface area contributed by atoms with E-state index in [2.05, 4.69) is 38.0 Å². The maximum absolute atomic E-state index is 12.8. The number of nitrogens with zero attached hydrogens (tertiary/aromatic N) is 3. The van der Waals surface area contributed by atoms with Crippen molar-refractivity contribution in [2.45, 2.75) is 32.2 Å². The second-order valence-electron chi connectivity index (χ2n) is 9.45. The van der Waals surface area contributed by atoms with Crippen LogP contribution < -0.4 is 10.1 Å². The predicted molar refractivity (Wildman–Crippen MR) is 133 cm³/mol. The Hall–Kier alpha value is -2.83. The van der Waals surface area contributed by atoms with Gasteiger partial charge < -0.3 is 14.6 Å². The normalized spacial score (nSPS) is 19.2. The minimum absolute atomic E-state index is 0.162. The zero-order valence-corrected chi connectivity index (χ0v) is 20.3. The Morgan fingerprint density at radius 1 is 1.18 bits per heavy atom. The number of likely N-dealkylation sites (tertiary alicyclic amines) is 1. The molecule has 1 N–H and O–H groups in total. The number of piperidine rings is 1. The van der Waals surface area contributed by atoms with Gasteiger partial charge in [0.1, 0.15) is 11.6 Å². The van der Waals surface area contributed by atoms with Crippen molar-refractivity contribution in [3.8, 4) is 11.6 Å². The number of methoxy groups -OCH3 is 1. The van der Waals surface area contributed by atoms with Crippen molar-refractivity contribution in [1.29, 1.82) is 0 Å². The molecule has 2 aromatic heterocycles. The van der Waals surface area contributed by atoms with Crippen LogP contribution in [0.3, 0.4) is 0 Å². The first-order chi connectivity index (χ1) is 16.6. The van der Waals surface area contributed by atoms with Gasteiger partial charge in [-0.25, -0.2) is 4.98 Å². The molecule has 1 aliphatic heterocycles. The summed E-state index contributed by atoms with van der Waals surface area (Å²) in [7, 11) is 1.68. The lowest BCUT2D eigenvalue weighted by atomic mass is 9.90. The van der Waals surface area contributed by atoms with E-state index in [-0.39, 0.29) is 17.2 Å². The summed E-state index contributed by atoms with van der Waals surface area (Å²) < 4.78 is 7.53. The van der Waals surface area contributed by atoms with Crippen molar-refractivity contribution in [3.05, 3.63) is 77.2 Å². The summed E-state index contributed by atoms with van der Waals surface area (Å²) in [4.78, 5) is 19.8. The third-order valence-electron chi connectivity index (χ3n) is 7.42. The standard InChI is InChI=1S/C27H31ClN4O2/c1-34-24-7-3-2-5-20(24)10-13-29-26(33)23-17-27(23)11-15-31(16-12-27)19-22-6-4-14-32(22)25-9-8-21(28)18-30-25/h2-9,14,18,23H,10-13,15-17,19H2,1H3,(H,29,33)/t23-/m1/s1. The van der Waals surface area contributed by atoms with Gasteiger partial charge in [0.15, 0.2) is 0 Å². The van der Waals surface area contributed by atoms with Gasteiger partial charge in [-0.2, -0.15) is 0 Å². The molecule has 1 spiro atoms. The van der Waals surface area contributed by atoms with Crippen LogP contribution in [0.4, 0.5) is 0 Å². The summed E-state index contributed by atoms with van der Waals surface area (Å²) in [6, 6.07) is 16.0. The fourth-order valence-corrected chi connectivity index (χ4v) is 5.40. The van der Waals surface area contributed by atoms with Gasteiger partial charge in [0.2, 0.25) is 5.91 Å². The lowest BCUT2D eigenvalue weighted by Gasteiger charge is -2.33. The third kappa shape index (κ3) is 4.84. The molecule has 1 aliphatic carbocycles. The van der Waals surface area contributed by atoms with E-state index in [1.165, 1.54) is 5.69 Å². The fourth-order valence-electron chi connectivity index (χ4n) is 5.29. The van der Waals surface area contributed by atoms with Crippen LogP contribution in [0.1, 0.15) is 30.5 Å². The molecule has 1 saturated heterocycles. The fraction of sp³-hybridized carbons (Fsp3) is 0.407. The van der Waals surface area contributed by atoms with Gasteiger partial charge in [0.05, 0.1) is 12.1 Å². The molecular weight excluding hydrogens is 448 g/mol. The van der Waals surface area contributed by atoms with Crippen LogP contribution in [0, 0.1) is 11.3 Å². The molecule has 3 heterocycles. The van der Waals surface area contributed by atoms with Gasteiger partial charge in [-0.1, -0.05) is 29.8 Å². The highest BCUT2D eigenvalue weighted by molar-refractivity contribution is 6.30. The molecule has 1 saturated carbocycles. The highest BCUT2D eigenvalue weighted by atomic mass is 35.5. The van der Waals surface area contributed by atoms with Crippen LogP contribution in [-0.4, -0.2) is 47.1 Å². The summed E-state index contributed by atoms with van der Waals surface area (Å²) in [5.41, 5.74) is 2.54. The van der Waals surface area contributed by atoms with Crippen LogP contribution in [0.25, 0.3) is 5.82 Å². The van der Waals surface area contributed by atoms with Crippen LogP contribution in [0.15, 0.2) is 60.9 Å². The monoisotopic (exact) mass is 478 g/mol. The van der Waals surface area contributed by atoms with E-state index in [9.17, 15) is 4.79 Å². The number of halogens is 1. The number of nitrogens with one attached hydrogen (secondary N) is 1. The quantitative estimate of drug-likeness (QED) is 0.518. The first-order valence-electron chi connectivity index (χ1n) is 12.0. The number of hydrogen-bond donors (Lipinski definition) is 1. The molecule has 1 atom stereocenters. The second kappa shape index (κ2) is 9.80. The maximum Gasteiger partial charge on any atom is 0.223 e. The van der Waals surface area contributed by atoms with Gasteiger partial charge in [0.25, 0.3) is 0 Å². The lowest BCUT2D eigenvalue weighted by molar-refractivity contribution is -0.123. The van der Waals surface area contributed by atoms with Crippen LogP contribution in [0.2, 0.25) is 5.02 Å². The number of carbonyl (C=O) groups excluding carboxylic acids is 1. The van der Waals surface area contributed by atoms with Crippen molar-refractivity contribution < 1.29 is 9.53 Å². The molecule has 0 radical (unpaired) electrons. The third-order valence-corrected chi connectivity index (χ3v) is 7.65. The molecule has 1 aromatic carbocycles. The maximum atomic E-state index is 12.8. The molecule has 0 bridgehead atoms. The van der Waals surface area contributed by atoms with Gasteiger partial charge in [-0.3, -0.25) is 9.69 Å². The van der Waals surface area contributed by atoms with E-state index < -0.39 is 0 Å². The molecule has 178 valence electrons. The molecule has 3 aromatic rings. The van der Waals surface area contributed by atoms with E-state index in [0.717, 1.165) is 62.4 Å². The van der Waals surface area contributed by atoms with Gasteiger partial charge >= 0.3 is 0 Å². The van der Waals surface area contributed by atoms with Gasteiger partial charge in [0, 0.05) is 37.1 Å². The van der Waals surface area contributed by atoms with Crippen molar-refractivity contribution in [1.82, 2.24) is 19.8 Å². The minimum Gasteiger partial charge on any atom is -0.496 e. The first-order valence-corrected chi connectivity index (χ1v) is 12.4. The Balaban J connectivity index is 1.10. The molecule has 34 heavy (non-hydrogen) atoms. The van der Waals surface area contributed by atoms with Crippen LogP contribution in [0.5, 0.6) is 5.75 Å². The number of hydrogen-bond acceptors (Lipinski definition) is 4. The van der Waals surface area contributed by atoms with E-state index in [0.29, 0.717) is 11.6 Å². The van der Waals surface area contributed by atoms with Crippen LogP contribution >= 0.6 is 11.6 Å². The van der Waals surface area contributed by atoms with Gasteiger partial charge in [-0.15, -0.1) is 0 Å². The number of pyridine rings is 1. The molecule has 7 heteroatoms. The molecule has 2 aliphatic rings. The number of rotatable bonds is 8. The number of benzene rings is 1. The molecular formula is C27H31ClN4O2. The van der Waals surface area contributed by atoms with Crippen molar-refractivity contribution in [3.63, 3.8) is 0 Å². The molecule has 1 amide bonds. The van der Waals surface area contributed by atoms with Crippen molar-refractivity contribution in [2.24, 2.45) is 11.3 Å². The summed E-state index contributed by atoms with van der Waals surface area (Å²) >= 11 is 5.99. The highest BCUT2D eigenvalue weighted by Crippen LogP contribution is 2.59. The predicted octanol–water partition coefficient (Wildman–Crippen LogP) is 4.50. The SMILES string of the molecule is COc1ccccc1CCNC(=O)[C@H]1CC12CCN(Cc1cccn1-c1ccc(Cl)cn1)CC2. The van der Waals surface area contributed by atoms with Crippen molar-refractivity contribution >= 4 is 17.5 Å².